The number of hydrogen-bond acceptors (Lipinski definition) is 4. The lowest BCUT2D eigenvalue weighted by Gasteiger charge is -2.31. The smallest absolute Gasteiger partial charge is 0.244 e. The minimum Gasteiger partial charge on any atom is -0.354 e. The van der Waals surface area contributed by atoms with E-state index in [1.807, 2.05) is 44.2 Å². The Bertz CT molecular complexity index is 1060. The third-order valence-corrected chi connectivity index (χ3v) is 6.56. The van der Waals surface area contributed by atoms with Gasteiger partial charge in [0, 0.05) is 17.6 Å². The molecule has 0 bridgehead atoms. The van der Waals surface area contributed by atoms with Gasteiger partial charge >= 0.3 is 0 Å². The summed E-state index contributed by atoms with van der Waals surface area (Å²) in [5.41, 5.74) is 2.11. The van der Waals surface area contributed by atoms with Crippen LogP contribution in [0.15, 0.2) is 53.0 Å². The van der Waals surface area contributed by atoms with E-state index in [2.05, 4.69) is 21.2 Å². The molecule has 32 heavy (non-hydrogen) atoms. The molecule has 1 atom stereocenters. The molecule has 7 nitrogen and oxygen atoms in total. The molecular formula is C23H30BrN3O4S. The predicted molar refractivity (Wildman–Crippen MR) is 131 cm³/mol. The van der Waals surface area contributed by atoms with Crippen LogP contribution in [0.1, 0.15) is 31.4 Å². The molecule has 0 saturated carbocycles. The molecule has 2 aromatic rings. The van der Waals surface area contributed by atoms with Crippen molar-refractivity contribution in [2.45, 2.75) is 39.8 Å². The first-order valence-corrected chi connectivity index (χ1v) is 13.0. The van der Waals surface area contributed by atoms with Crippen LogP contribution < -0.4 is 9.62 Å². The van der Waals surface area contributed by atoms with Crippen molar-refractivity contribution in [3.8, 4) is 0 Å². The van der Waals surface area contributed by atoms with Crippen molar-refractivity contribution in [2.75, 3.05) is 23.7 Å². The minimum atomic E-state index is -3.73. The monoisotopic (exact) mass is 523 g/mol. The number of halogens is 1. The van der Waals surface area contributed by atoms with Crippen molar-refractivity contribution in [3.05, 3.63) is 64.1 Å². The van der Waals surface area contributed by atoms with Crippen LogP contribution in [-0.4, -0.2) is 50.5 Å². The predicted octanol–water partition coefficient (Wildman–Crippen LogP) is 3.47. The Balaban J connectivity index is 2.37. The number of amides is 2. The van der Waals surface area contributed by atoms with E-state index in [0.29, 0.717) is 12.2 Å². The van der Waals surface area contributed by atoms with Gasteiger partial charge in [0.2, 0.25) is 21.8 Å². The van der Waals surface area contributed by atoms with Gasteiger partial charge in [-0.1, -0.05) is 47.1 Å². The van der Waals surface area contributed by atoms with E-state index >= 15 is 0 Å². The molecule has 2 rings (SSSR count). The second-order valence-electron chi connectivity index (χ2n) is 7.73. The van der Waals surface area contributed by atoms with Crippen molar-refractivity contribution in [2.24, 2.45) is 0 Å². The van der Waals surface area contributed by atoms with E-state index < -0.39 is 28.5 Å². The molecule has 2 aromatic carbocycles. The zero-order valence-corrected chi connectivity index (χ0v) is 21.2. The molecule has 0 fully saturated rings. The fourth-order valence-electron chi connectivity index (χ4n) is 3.21. The van der Waals surface area contributed by atoms with Crippen LogP contribution in [0.5, 0.6) is 0 Å². The van der Waals surface area contributed by atoms with Crippen molar-refractivity contribution >= 4 is 43.5 Å². The van der Waals surface area contributed by atoms with Crippen LogP contribution in [0.2, 0.25) is 0 Å². The van der Waals surface area contributed by atoms with Gasteiger partial charge in [-0.25, -0.2) is 8.42 Å². The number of rotatable bonds is 10. The number of benzene rings is 2. The van der Waals surface area contributed by atoms with Crippen LogP contribution in [-0.2, 0) is 26.2 Å². The molecule has 0 aliphatic heterocycles. The topological polar surface area (TPSA) is 86.8 Å². The number of carbonyl (C=O) groups excluding carboxylic acids is 2. The van der Waals surface area contributed by atoms with E-state index in [9.17, 15) is 18.0 Å². The number of sulfonamides is 1. The Morgan fingerprint density at radius 2 is 1.81 bits per heavy atom. The van der Waals surface area contributed by atoms with Crippen LogP contribution in [0, 0.1) is 6.92 Å². The Morgan fingerprint density at radius 3 is 2.41 bits per heavy atom. The first kappa shape index (κ1) is 25.9. The highest BCUT2D eigenvalue weighted by Crippen LogP contribution is 2.21. The zero-order chi connectivity index (χ0) is 23.9. The summed E-state index contributed by atoms with van der Waals surface area (Å²) in [4.78, 5) is 27.5. The van der Waals surface area contributed by atoms with Crippen molar-refractivity contribution in [1.29, 1.82) is 0 Å². The van der Waals surface area contributed by atoms with Crippen molar-refractivity contribution in [1.82, 2.24) is 10.2 Å². The van der Waals surface area contributed by atoms with Gasteiger partial charge in [-0.15, -0.1) is 0 Å². The maximum absolute atomic E-state index is 13.4. The van der Waals surface area contributed by atoms with Gasteiger partial charge in [0.15, 0.2) is 0 Å². The first-order chi connectivity index (χ1) is 15.0. The van der Waals surface area contributed by atoms with Crippen LogP contribution in [0.3, 0.4) is 0 Å². The van der Waals surface area contributed by atoms with Gasteiger partial charge in [0.05, 0.1) is 11.9 Å². The number of carbonyl (C=O) groups is 2. The van der Waals surface area contributed by atoms with Crippen molar-refractivity contribution in [3.63, 3.8) is 0 Å². The zero-order valence-electron chi connectivity index (χ0n) is 18.8. The van der Waals surface area contributed by atoms with E-state index in [1.54, 1.807) is 25.1 Å². The lowest BCUT2D eigenvalue weighted by atomic mass is 10.1. The minimum absolute atomic E-state index is 0.171. The lowest BCUT2D eigenvalue weighted by Crippen LogP contribution is -2.51. The Morgan fingerprint density at radius 1 is 1.12 bits per heavy atom. The molecule has 1 N–H and O–H groups in total. The normalized spacial score (nSPS) is 12.2. The summed E-state index contributed by atoms with van der Waals surface area (Å²) in [5, 5.41) is 2.81. The fraction of sp³-hybridized carbons (Fsp3) is 0.391. The second-order valence-corrected chi connectivity index (χ2v) is 10.5. The quantitative estimate of drug-likeness (QED) is 0.516. The molecule has 2 amide bonds. The highest BCUT2D eigenvalue weighted by molar-refractivity contribution is 9.10. The largest absolute Gasteiger partial charge is 0.354 e. The molecule has 0 saturated heterocycles. The Labute approximate surface area is 199 Å². The second kappa shape index (κ2) is 11.5. The maximum atomic E-state index is 13.4. The summed E-state index contributed by atoms with van der Waals surface area (Å²) < 4.78 is 27.0. The van der Waals surface area contributed by atoms with Crippen LogP contribution in [0.25, 0.3) is 0 Å². The molecule has 0 aliphatic rings. The van der Waals surface area contributed by atoms with Gasteiger partial charge in [-0.3, -0.25) is 13.9 Å². The van der Waals surface area contributed by atoms with Gasteiger partial charge in [-0.05, 0) is 55.7 Å². The summed E-state index contributed by atoms with van der Waals surface area (Å²) in [6.45, 7) is 5.72. The molecule has 0 spiro atoms. The molecule has 1 unspecified atom stereocenters. The van der Waals surface area contributed by atoms with Crippen LogP contribution >= 0.6 is 15.9 Å². The van der Waals surface area contributed by atoms with Gasteiger partial charge in [0.1, 0.15) is 12.6 Å². The summed E-state index contributed by atoms with van der Waals surface area (Å²) in [5.74, 6) is -0.743. The van der Waals surface area contributed by atoms with E-state index in [1.165, 1.54) is 4.90 Å². The standard InChI is InChI=1S/C23H30BrN3O4S/c1-5-12-25-23(29)18(3)26(15-19-9-7-10-20(24)14-19)22(28)16-27(32(4,30)31)21-11-6-8-17(2)13-21/h6-11,13-14,18H,5,12,15-16H2,1-4H3,(H,25,29). The highest BCUT2D eigenvalue weighted by Gasteiger charge is 2.30. The summed E-state index contributed by atoms with van der Waals surface area (Å²) >= 11 is 3.42. The summed E-state index contributed by atoms with van der Waals surface area (Å²) in [6, 6.07) is 13.6. The number of hydrogen-bond donors (Lipinski definition) is 1. The van der Waals surface area contributed by atoms with Gasteiger partial charge < -0.3 is 10.2 Å². The fourth-order valence-corrected chi connectivity index (χ4v) is 4.50. The average Bonchev–Trinajstić information content (AvgIpc) is 2.72. The Kier molecular flexibility index (Phi) is 9.27. The average molecular weight is 524 g/mol. The number of anilines is 1. The summed E-state index contributed by atoms with van der Waals surface area (Å²) in [7, 11) is -3.73. The van der Waals surface area contributed by atoms with Crippen molar-refractivity contribution < 1.29 is 18.0 Å². The molecule has 0 aliphatic carbocycles. The lowest BCUT2D eigenvalue weighted by molar-refractivity contribution is -0.139. The van der Waals surface area contributed by atoms with Gasteiger partial charge in [0.25, 0.3) is 0 Å². The maximum Gasteiger partial charge on any atom is 0.244 e. The molecular weight excluding hydrogens is 494 g/mol. The van der Waals surface area contributed by atoms with Gasteiger partial charge in [-0.2, -0.15) is 0 Å². The van der Waals surface area contributed by atoms with E-state index in [0.717, 1.165) is 32.6 Å². The molecule has 174 valence electrons. The first-order valence-electron chi connectivity index (χ1n) is 10.4. The third kappa shape index (κ3) is 7.34. The van der Waals surface area contributed by atoms with Crippen LogP contribution in [0.4, 0.5) is 5.69 Å². The summed E-state index contributed by atoms with van der Waals surface area (Å²) in [6.07, 6.45) is 1.84. The Hall–Kier alpha value is -2.39. The molecule has 0 aromatic heterocycles. The SMILES string of the molecule is CCCNC(=O)C(C)N(Cc1cccc(Br)c1)C(=O)CN(c1cccc(C)c1)S(C)(=O)=O. The number of nitrogens with one attached hydrogen (secondary N) is 1. The molecule has 0 radical (unpaired) electrons. The third-order valence-electron chi connectivity index (χ3n) is 4.93. The van der Waals surface area contributed by atoms with E-state index in [-0.39, 0.29) is 12.5 Å². The van der Waals surface area contributed by atoms with E-state index in [4.69, 9.17) is 0 Å². The number of nitrogens with zero attached hydrogens (tertiary/aromatic N) is 2. The molecule has 0 heterocycles. The highest BCUT2D eigenvalue weighted by atomic mass is 79.9. The molecule has 9 heteroatoms. The number of aryl methyl sites for hydroxylation is 1.